The van der Waals surface area contributed by atoms with Crippen LogP contribution in [0.5, 0.6) is 0 Å². The Bertz CT molecular complexity index is 782. The largest absolute Gasteiger partial charge is 0.352 e. The molecule has 1 aliphatic heterocycles. The zero-order chi connectivity index (χ0) is 17.9. The summed E-state index contributed by atoms with van der Waals surface area (Å²) in [5, 5.41) is 7.38. The summed E-state index contributed by atoms with van der Waals surface area (Å²) in [5.74, 6) is 0.158. The van der Waals surface area contributed by atoms with Crippen LogP contribution in [0.25, 0.3) is 0 Å². The molecule has 6 heteroatoms. The number of hydrogen-bond acceptors (Lipinski definition) is 3. The van der Waals surface area contributed by atoms with Gasteiger partial charge in [-0.05, 0) is 24.8 Å². The van der Waals surface area contributed by atoms with E-state index in [0.717, 1.165) is 24.9 Å². The van der Waals surface area contributed by atoms with Gasteiger partial charge in [-0.3, -0.25) is 14.3 Å². The summed E-state index contributed by atoms with van der Waals surface area (Å²) in [5.41, 5.74) is 2.18. The van der Waals surface area contributed by atoms with Gasteiger partial charge < -0.3 is 10.2 Å². The Morgan fingerprint density at radius 1 is 1.15 bits per heavy atom. The standard InChI is InChI=1S/C20H24N4O2/c25-19-9-6-17(14-24(19)18-7-8-18)20(26)21-10-16-11-22-23(13-16)12-15-4-2-1-3-5-15/h1-5,11,13,17-18H,6-10,12,14H2,(H,21,26). The number of nitrogens with one attached hydrogen (secondary N) is 1. The van der Waals surface area contributed by atoms with Crippen molar-refractivity contribution < 1.29 is 9.59 Å². The summed E-state index contributed by atoms with van der Waals surface area (Å²) >= 11 is 0. The van der Waals surface area contributed by atoms with Gasteiger partial charge in [-0.25, -0.2) is 0 Å². The number of carbonyl (C=O) groups excluding carboxylic acids is 2. The lowest BCUT2D eigenvalue weighted by Gasteiger charge is -2.32. The monoisotopic (exact) mass is 352 g/mol. The first-order valence-electron chi connectivity index (χ1n) is 9.31. The van der Waals surface area contributed by atoms with E-state index in [0.29, 0.717) is 32.0 Å². The van der Waals surface area contributed by atoms with E-state index < -0.39 is 0 Å². The van der Waals surface area contributed by atoms with Crippen LogP contribution in [0.15, 0.2) is 42.7 Å². The number of nitrogens with zero attached hydrogens (tertiary/aromatic N) is 3. The van der Waals surface area contributed by atoms with Crippen molar-refractivity contribution in [1.82, 2.24) is 20.0 Å². The minimum atomic E-state index is -0.0901. The lowest BCUT2D eigenvalue weighted by molar-refractivity contribution is -0.138. The van der Waals surface area contributed by atoms with Gasteiger partial charge in [0.15, 0.2) is 0 Å². The van der Waals surface area contributed by atoms with Gasteiger partial charge in [0.2, 0.25) is 11.8 Å². The first-order chi connectivity index (χ1) is 12.7. The second kappa shape index (κ2) is 7.32. The topological polar surface area (TPSA) is 67.2 Å². The fourth-order valence-corrected chi connectivity index (χ4v) is 3.51. The van der Waals surface area contributed by atoms with Crippen molar-refractivity contribution in [2.24, 2.45) is 5.92 Å². The van der Waals surface area contributed by atoms with E-state index in [2.05, 4.69) is 22.5 Å². The van der Waals surface area contributed by atoms with Crippen LogP contribution in [0.4, 0.5) is 0 Å². The van der Waals surface area contributed by atoms with Crippen molar-refractivity contribution in [3.63, 3.8) is 0 Å². The zero-order valence-corrected chi connectivity index (χ0v) is 14.8. The smallest absolute Gasteiger partial charge is 0.225 e. The normalized spacial score (nSPS) is 20.2. The van der Waals surface area contributed by atoms with Gasteiger partial charge in [-0.1, -0.05) is 30.3 Å². The van der Waals surface area contributed by atoms with Crippen LogP contribution in [-0.4, -0.2) is 39.1 Å². The molecule has 4 rings (SSSR count). The summed E-state index contributed by atoms with van der Waals surface area (Å²) in [7, 11) is 0. The Labute approximate surface area is 153 Å². The summed E-state index contributed by atoms with van der Waals surface area (Å²) in [6.07, 6.45) is 7.07. The molecular weight excluding hydrogens is 328 g/mol. The Kier molecular flexibility index (Phi) is 4.73. The maximum Gasteiger partial charge on any atom is 0.225 e. The van der Waals surface area contributed by atoms with E-state index >= 15 is 0 Å². The highest BCUT2D eigenvalue weighted by Gasteiger charge is 2.38. The molecule has 2 fully saturated rings. The fraction of sp³-hybridized carbons (Fsp3) is 0.450. The highest BCUT2D eigenvalue weighted by Crippen LogP contribution is 2.31. The summed E-state index contributed by atoms with van der Waals surface area (Å²) in [6.45, 7) is 1.76. The molecule has 1 aromatic carbocycles. The van der Waals surface area contributed by atoms with E-state index in [1.54, 1.807) is 6.20 Å². The number of amides is 2. The van der Waals surface area contributed by atoms with Gasteiger partial charge in [-0.2, -0.15) is 5.10 Å². The predicted molar refractivity (Wildman–Crippen MR) is 97.1 cm³/mol. The molecule has 0 radical (unpaired) electrons. The third kappa shape index (κ3) is 3.95. The van der Waals surface area contributed by atoms with Gasteiger partial charge in [0, 0.05) is 37.3 Å². The third-order valence-corrected chi connectivity index (χ3v) is 5.14. The molecule has 1 N–H and O–H groups in total. The van der Waals surface area contributed by atoms with Gasteiger partial charge in [0.1, 0.15) is 0 Å². The van der Waals surface area contributed by atoms with Crippen molar-refractivity contribution in [2.45, 2.75) is 44.8 Å². The number of benzene rings is 1. The maximum absolute atomic E-state index is 12.5. The van der Waals surface area contributed by atoms with Gasteiger partial charge in [0.05, 0.1) is 18.7 Å². The lowest BCUT2D eigenvalue weighted by Crippen LogP contribution is -2.46. The second-order valence-electron chi connectivity index (χ2n) is 7.26. The molecule has 1 saturated carbocycles. The van der Waals surface area contributed by atoms with Crippen LogP contribution in [-0.2, 0) is 22.7 Å². The van der Waals surface area contributed by atoms with Crippen LogP contribution >= 0.6 is 0 Å². The van der Waals surface area contributed by atoms with Gasteiger partial charge >= 0.3 is 0 Å². The maximum atomic E-state index is 12.5. The summed E-state index contributed by atoms with van der Waals surface area (Å²) in [4.78, 5) is 26.4. The highest BCUT2D eigenvalue weighted by molar-refractivity contribution is 5.84. The zero-order valence-electron chi connectivity index (χ0n) is 14.8. The molecule has 136 valence electrons. The quantitative estimate of drug-likeness (QED) is 0.864. The Hall–Kier alpha value is -2.63. The molecule has 26 heavy (non-hydrogen) atoms. The summed E-state index contributed by atoms with van der Waals surface area (Å²) in [6, 6.07) is 10.5. The molecule has 6 nitrogen and oxygen atoms in total. The van der Waals surface area contributed by atoms with Crippen molar-refractivity contribution in [3.8, 4) is 0 Å². The van der Waals surface area contributed by atoms with Crippen LogP contribution in [0, 0.1) is 5.92 Å². The van der Waals surface area contributed by atoms with E-state index in [9.17, 15) is 9.59 Å². The Balaban J connectivity index is 1.28. The molecule has 2 aromatic rings. The number of likely N-dealkylation sites (tertiary alicyclic amines) is 1. The molecular formula is C20H24N4O2. The molecule has 2 amide bonds. The van der Waals surface area contributed by atoms with Crippen molar-refractivity contribution in [1.29, 1.82) is 0 Å². The molecule has 2 aliphatic rings. The first-order valence-corrected chi connectivity index (χ1v) is 9.31. The summed E-state index contributed by atoms with van der Waals surface area (Å²) < 4.78 is 1.88. The number of rotatable bonds is 6. The molecule has 1 saturated heterocycles. The van der Waals surface area contributed by atoms with Crippen molar-refractivity contribution >= 4 is 11.8 Å². The van der Waals surface area contributed by atoms with Crippen molar-refractivity contribution in [2.75, 3.05) is 6.54 Å². The highest BCUT2D eigenvalue weighted by atomic mass is 16.2. The Morgan fingerprint density at radius 2 is 1.96 bits per heavy atom. The molecule has 0 bridgehead atoms. The second-order valence-corrected chi connectivity index (χ2v) is 7.26. The third-order valence-electron chi connectivity index (χ3n) is 5.14. The van der Waals surface area contributed by atoms with E-state index in [1.165, 1.54) is 5.56 Å². The van der Waals surface area contributed by atoms with Crippen LogP contribution in [0.2, 0.25) is 0 Å². The predicted octanol–water partition coefficient (Wildman–Crippen LogP) is 1.95. The Morgan fingerprint density at radius 3 is 2.73 bits per heavy atom. The molecule has 0 spiro atoms. The minimum absolute atomic E-state index is 0.0407. The van der Waals surface area contributed by atoms with Crippen LogP contribution in [0.1, 0.15) is 36.8 Å². The van der Waals surface area contributed by atoms with Crippen molar-refractivity contribution in [3.05, 3.63) is 53.9 Å². The lowest BCUT2D eigenvalue weighted by atomic mass is 9.96. The average Bonchev–Trinajstić information content (AvgIpc) is 3.41. The van der Waals surface area contributed by atoms with E-state index in [1.807, 2.05) is 34.0 Å². The number of carbonyl (C=O) groups is 2. The molecule has 2 heterocycles. The molecule has 1 unspecified atom stereocenters. The molecule has 1 atom stereocenters. The first kappa shape index (κ1) is 16.8. The molecule has 1 aliphatic carbocycles. The minimum Gasteiger partial charge on any atom is -0.352 e. The van der Waals surface area contributed by atoms with E-state index in [4.69, 9.17) is 0 Å². The van der Waals surface area contributed by atoms with Crippen LogP contribution in [0.3, 0.4) is 0 Å². The van der Waals surface area contributed by atoms with Crippen LogP contribution < -0.4 is 5.32 Å². The average molecular weight is 352 g/mol. The number of piperidine rings is 1. The van der Waals surface area contributed by atoms with Gasteiger partial charge in [-0.15, -0.1) is 0 Å². The van der Waals surface area contributed by atoms with Gasteiger partial charge in [0.25, 0.3) is 0 Å². The SMILES string of the molecule is O=C(NCc1cnn(Cc2ccccc2)c1)C1CCC(=O)N(C2CC2)C1. The molecule has 1 aromatic heterocycles. The number of hydrogen-bond donors (Lipinski definition) is 1. The number of aromatic nitrogens is 2. The fourth-order valence-electron chi connectivity index (χ4n) is 3.51. The van der Waals surface area contributed by atoms with E-state index in [-0.39, 0.29) is 17.7 Å².